The minimum atomic E-state index is -1.06. The van der Waals surface area contributed by atoms with Crippen LogP contribution in [0.4, 0.5) is 0 Å². The van der Waals surface area contributed by atoms with Crippen molar-refractivity contribution in [1.82, 2.24) is 4.90 Å². The number of carbonyl (C=O) groups excluding carboxylic acids is 1. The van der Waals surface area contributed by atoms with Gasteiger partial charge in [-0.2, -0.15) is 0 Å². The molecule has 0 radical (unpaired) electrons. The number of hydrogen-bond acceptors (Lipinski definition) is 3. The van der Waals surface area contributed by atoms with Gasteiger partial charge < -0.3 is 14.7 Å². The van der Waals surface area contributed by atoms with Crippen LogP contribution in [-0.2, 0) is 9.59 Å². The van der Waals surface area contributed by atoms with E-state index in [4.69, 9.17) is 9.84 Å². The number of carboxylic acids is 1. The van der Waals surface area contributed by atoms with E-state index in [1.54, 1.807) is 6.08 Å². The van der Waals surface area contributed by atoms with Gasteiger partial charge in [0.25, 0.3) is 0 Å². The molecular formula is C16H19NO4. The first-order valence-electron chi connectivity index (χ1n) is 6.60. The third kappa shape index (κ3) is 5.52. The molecule has 5 nitrogen and oxygen atoms in total. The van der Waals surface area contributed by atoms with E-state index in [9.17, 15) is 9.59 Å². The molecule has 1 aromatic rings. The average Bonchev–Trinajstić information content (AvgIpc) is 2.45. The predicted octanol–water partition coefficient (Wildman–Crippen LogP) is 2.20. The van der Waals surface area contributed by atoms with Crippen LogP contribution in [-0.4, -0.2) is 41.6 Å². The van der Waals surface area contributed by atoms with Gasteiger partial charge in [-0.3, -0.25) is 9.59 Å². The standard InChI is InChI=1S/C16H19NO4/c1-3-11-17(12-16(19)20)15(18)10-9-13-7-5-6-8-14(13)21-4-2/h3,5-10H,1,4,11-12H2,2H3,(H,19,20). The summed E-state index contributed by atoms with van der Waals surface area (Å²) in [6, 6.07) is 7.32. The molecule has 0 saturated heterocycles. The topological polar surface area (TPSA) is 66.8 Å². The minimum Gasteiger partial charge on any atom is -0.493 e. The maximum atomic E-state index is 12.0. The number of nitrogens with zero attached hydrogens (tertiary/aromatic N) is 1. The Labute approximate surface area is 124 Å². The molecule has 0 atom stereocenters. The molecule has 1 rings (SSSR count). The molecule has 0 aromatic heterocycles. The highest BCUT2D eigenvalue weighted by atomic mass is 16.5. The third-order valence-corrected chi connectivity index (χ3v) is 2.61. The smallest absolute Gasteiger partial charge is 0.323 e. The van der Waals surface area contributed by atoms with Crippen molar-refractivity contribution in [3.63, 3.8) is 0 Å². The number of hydrogen-bond donors (Lipinski definition) is 1. The fourth-order valence-corrected chi connectivity index (χ4v) is 1.72. The Kier molecular flexibility index (Phi) is 6.74. The molecule has 0 spiro atoms. The maximum absolute atomic E-state index is 12.0. The Morgan fingerprint density at radius 3 is 2.71 bits per heavy atom. The summed E-state index contributed by atoms with van der Waals surface area (Å²) >= 11 is 0. The number of carbonyl (C=O) groups is 2. The van der Waals surface area contributed by atoms with E-state index in [-0.39, 0.29) is 19.0 Å². The van der Waals surface area contributed by atoms with Crippen molar-refractivity contribution in [2.24, 2.45) is 0 Å². The van der Waals surface area contributed by atoms with Gasteiger partial charge in [0, 0.05) is 18.2 Å². The van der Waals surface area contributed by atoms with E-state index in [2.05, 4.69) is 6.58 Å². The first-order valence-corrected chi connectivity index (χ1v) is 6.60. The Bertz CT molecular complexity index is 537. The van der Waals surface area contributed by atoms with E-state index in [1.165, 1.54) is 17.1 Å². The van der Waals surface area contributed by atoms with E-state index in [1.807, 2.05) is 31.2 Å². The highest BCUT2D eigenvalue weighted by Gasteiger charge is 2.12. The Morgan fingerprint density at radius 1 is 1.38 bits per heavy atom. The molecular weight excluding hydrogens is 270 g/mol. The SMILES string of the molecule is C=CCN(CC(=O)O)C(=O)C=Cc1ccccc1OCC. The van der Waals surface area contributed by atoms with Gasteiger partial charge in [0.2, 0.25) is 5.91 Å². The van der Waals surface area contributed by atoms with Gasteiger partial charge in [0.05, 0.1) is 6.61 Å². The molecule has 0 bridgehead atoms. The zero-order valence-electron chi connectivity index (χ0n) is 12.0. The van der Waals surface area contributed by atoms with Crippen molar-refractivity contribution < 1.29 is 19.4 Å². The van der Waals surface area contributed by atoms with Crippen molar-refractivity contribution in [2.75, 3.05) is 19.7 Å². The molecule has 1 aromatic carbocycles. The molecule has 0 aliphatic rings. The minimum absolute atomic E-state index is 0.183. The third-order valence-electron chi connectivity index (χ3n) is 2.61. The van der Waals surface area contributed by atoms with E-state index >= 15 is 0 Å². The highest BCUT2D eigenvalue weighted by Crippen LogP contribution is 2.19. The van der Waals surface area contributed by atoms with Gasteiger partial charge in [0.15, 0.2) is 0 Å². The number of para-hydroxylation sites is 1. The summed E-state index contributed by atoms with van der Waals surface area (Å²) in [5.74, 6) is -0.769. The van der Waals surface area contributed by atoms with Crippen molar-refractivity contribution >= 4 is 18.0 Å². The van der Waals surface area contributed by atoms with Gasteiger partial charge in [0.1, 0.15) is 12.3 Å². The lowest BCUT2D eigenvalue weighted by Gasteiger charge is -2.16. The van der Waals surface area contributed by atoms with Crippen LogP contribution in [0.2, 0.25) is 0 Å². The summed E-state index contributed by atoms with van der Waals surface area (Å²) in [4.78, 5) is 23.9. The van der Waals surface area contributed by atoms with Crippen molar-refractivity contribution in [1.29, 1.82) is 0 Å². The fourth-order valence-electron chi connectivity index (χ4n) is 1.72. The van der Waals surface area contributed by atoms with Crippen LogP contribution in [0.1, 0.15) is 12.5 Å². The molecule has 0 unspecified atom stereocenters. The lowest BCUT2D eigenvalue weighted by atomic mass is 10.2. The van der Waals surface area contributed by atoms with Gasteiger partial charge in [-0.1, -0.05) is 24.3 Å². The van der Waals surface area contributed by atoms with E-state index in [0.29, 0.717) is 12.4 Å². The highest BCUT2D eigenvalue weighted by molar-refractivity contribution is 5.94. The molecule has 0 aliphatic heterocycles. The maximum Gasteiger partial charge on any atom is 0.323 e. The second-order valence-electron chi connectivity index (χ2n) is 4.21. The van der Waals surface area contributed by atoms with Crippen LogP contribution in [0.3, 0.4) is 0 Å². The Balaban J connectivity index is 2.84. The second kappa shape index (κ2) is 8.58. The number of ether oxygens (including phenoxy) is 1. The summed E-state index contributed by atoms with van der Waals surface area (Å²) in [7, 11) is 0. The summed E-state index contributed by atoms with van der Waals surface area (Å²) in [6.07, 6.45) is 4.44. The monoisotopic (exact) mass is 289 g/mol. The summed E-state index contributed by atoms with van der Waals surface area (Å²) in [5, 5.41) is 8.79. The largest absolute Gasteiger partial charge is 0.493 e. The van der Waals surface area contributed by atoms with Gasteiger partial charge in [-0.25, -0.2) is 0 Å². The zero-order chi connectivity index (χ0) is 15.7. The summed E-state index contributed by atoms with van der Waals surface area (Å²) < 4.78 is 5.46. The number of rotatable bonds is 8. The normalized spacial score (nSPS) is 10.3. The van der Waals surface area contributed by atoms with Crippen molar-refractivity contribution in [2.45, 2.75) is 6.92 Å². The van der Waals surface area contributed by atoms with Crippen molar-refractivity contribution in [3.05, 3.63) is 48.6 Å². The zero-order valence-corrected chi connectivity index (χ0v) is 12.0. The molecule has 1 amide bonds. The van der Waals surface area contributed by atoms with E-state index < -0.39 is 5.97 Å². The lowest BCUT2D eigenvalue weighted by molar-refractivity contribution is -0.142. The molecule has 0 heterocycles. The van der Waals surface area contributed by atoms with Gasteiger partial charge >= 0.3 is 5.97 Å². The van der Waals surface area contributed by atoms with Crippen LogP contribution in [0.5, 0.6) is 5.75 Å². The van der Waals surface area contributed by atoms with Gasteiger partial charge in [-0.15, -0.1) is 6.58 Å². The molecule has 21 heavy (non-hydrogen) atoms. The van der Waals surface area contributed by atoms with Crippen LogP contribution >= 0.6 is 0 Å². The van der Waals surface area contributed by atoms with Gasteiger partial charge in [-0.05, 0) is 19.1 Å². The predicted molar refractivity (Wildman–Crippen MR) is 81.1 cm³/mol. The number of benzene rings is 1. The Morgan fingerprint density at radius 2 is 2.10 bits per heavy atom. The molecule has 5 heteroatoms. The number of amides is 1. The molecule has 1 N–H and O–H groups in total. The van der Waals surface area contributed by atoms with Crippen LogP contribution in [0, 0.1) is 0 Å². The molecule has 0 saturated carbocycles. The molecule has 0 aliphatic carbocycles. The first-order chi connectivity index (χ1) is 10.1. The molecule has 112 valence electrons. The quantitative estimate of drug-likeness (QED) is 0.588. The van der Waals surface area contributed by atoms with Crippen molar-refractivity contribution in [3.8, 4) is 5.75 Å². The van der Waals surface area contributed by atoms with E-state index in [0.717, 1.165) is 5.56 Å². The molecule has 0 fully saturated rings. The second-order valence-corrected chi connectivity index (χ2v) is 4.21. The average molecular weight is 289 g/mol. The number of aliphatic carboxylic acids is 1. The lowest BCUT2D eigenvalue weighted by Crippen LogP contribution is -2.34. The Hall–Kier alpha value is -2.56. The van der Waals surface area contributed by atoms with Crippen LogP contribution in [0.15, 0.2) is 43.0 Å². The van der Waals surface area contributed by atoms with Crippen LogP contribution in [0.25, 0.3) is 6.08 Å². The van der Waals surface area contributed by atoms with Crippen LogP contribution < -0.4 is 4.74 Å². The fraction of sp³-hybridized carbons (Fsp3) is 0.250. The summed E-state index contributed by atoms with van der Waals surface area (Å²) in [6.45, 7) is 5.75. The number of carboxylic acid groups (broad SMARTS) is 1. The summed E-state index contributed by atoms with van der Waals surface area (Å²) in [5.41, 5.74) is 0.765. The first kappa shape index (κ1) is 16.5.